The van der Waals surface area contributed by atoms with Crippen molar-refractivity contribution in [3.05, 3.63) is 152 Å². The Bertz CT molecular complexity index is 3100. The topological polar surface area (TPSA) is 82.8 Å². The molecule has 0 aliphatic heterocycles. The molecule has 0 N–H and O–H groups in total. The molecule has 0 aliphatic carbocycles. The zero-order chi connectivity index (χ0) is 33.5. The van der Waals surface area contributed by atoms with Crippen LogP contribution in [0.1, 0.15) is 0 Å². The Kier molecular flexibility index (Phi) is 5.83. The fourth-order valence-corrected chi connectivity index (χ4v) is 7.40. The maximum Gasteiger partial charge on any atom is 0.238 e. The first-order chi connectivity index (χ1) is 25.3. The van der Waals surface area contributed by atoms with Gasteiger partial charge in [-0.25, -0.2) is 4.98 Å². The number of para-hydroxylation sites is 4. The fraction of sp³-hybridized carbons (Fsp3) is 0. The maximum absolute atomic E-state index is 6.29. The molecule has 0 fully saturated rings. The molecule has 0 amide bonds. The zero-order valence-electron chi connectivity index (χ0n) is 27.0. The smallest absolute Gasteiger partial charge is 0.238 e. The molecule has 11 aromatic rings. The van der Waals surface area contributed by atoms with Crippen LogP contribution in [0.4, 0.5) is 0 Å². The van der Waals surface area contributed by atoms with Gasteiger partial charge in [-0.1, -0.05) is 103 Å². The van der Waals surface area contributed by atoms with Gasteiger partial charge in [-0.05, 0) is 42.0 Å². The number of benzene rings is 6. The van der Waals surface area contributed by atoms with Gasteiger partial charge < -0.3 is 8.83 Å². The van der Waals surface area contributed by atoms with Crippen LogP contribution in [-0.4, -0.2) is 24.5 Å². The highest BCUT2D eigenvalue weighted by molar-refractivity contribution is 6.10. The molecule has 6 aromatic carbocycles. The number of nitrogens with zero attached hydrogens (tertiary/aromatic N) is 5. The molecule has 0 saturated heterocycles. The van der Waals surface area contributed by atoms with Crippen LogP contribution in [0.25, 0.3) is 106 Å². The van der Waals surface area contributed by atoms with Crippen LogP contribution >= 0.6 is 0 Å². The van der Waals surface area contributed by atoms with E-state index in [9.17, 15) is 0 Å². The molecule has 238 valence electrons. The number of pyridine rings is 1. The summed E-state index contributed by atoms with van der Waals surface area (Å²) in [7, 11) is 0. The zero-order valence-corrected chi connectivity index (χ0v) is 27.0. The standard InChI is InChI=1S/C44H25N5O2/c1-4-13-36-30(8-1)31-9-2-5-14-37(31)49(36)44-47-42(46-43(48-44)28-20-21-33-32-10-3-6-15-38(32)50-39(33)24-28)27-18-16-26(17-19-27)29-11-7-12-35-34-22-23-45-25-40(34)51-41(29)35/h1-25H. The number of rotatable bonds is 4. The summed E-state index contributed by atoms with van der Waals surface area (Å²) in [6.07, 6.45) is 3.56. The minimum absolute atomic E-state index is 0.543. The van der Waals surface area contributed by atoms with Crippen molar-refractivity contribution < 1.29 is 8.83 Å². The quantitative estimate of drug-likeness (QED) is 0.188. The average Bonchev–Trinajstić information content (AvgIpc) is 3.87. The summed E-state index contributed by atoms with van der Waals surface area (Å²) in [4.78, 5) is 19.6. The fourth-order valence-electron chi connectivity index (χ4n) is 7.40. The van der Waals surface area contributed by atoms with Gasteiger partial charge >= 0.3 is 0 Å². The van der Waals surface area contributed by atoms with Gasteiger partial charge in [0.2, 0.25) is 5.95 Å². The van der Waals surface area contributed by atoms with E-state index in [1.165, 1.54) is 0 Å². The molecule has 0 atom stereocenters. The average molecular weight is 656 g/mol. The molecule has 51 heavy (non-hydrogen) atoms. The molecular formula is C44H25N5O2. The van der Waals surface area contributed by atoms with Crippen LogP contribution in [0, 0.1) is 0 Å². The van der Waals surface area contributed by atoms with Gasteiger partial charge in [0.05, 0.1) is 17.2 Å². The van der Waals surface area contributed by atoms with Crippen LogP contribution < -0.4 is 0 Å². The SMILES string of the molecule is c1ccc2c(c1)oc1cc(-c3nc(-c4ccc(-c5cccc6c5oc5cnccc56)cc4)nc(-n4c5ccccc5c5ccccc54)n3)ccc12. The largest absolute Gasteiger partial charge is 0.456 e. The van der Waals surface area contributed by atoms with Crippen LogP contribution in [0.5, 0.6) is 0 Å². The Morgan fingerprint density at radius 3 is 1.86 bits per heavy atom. The Morgan fingerprint density at radius 1 is 0.431 bits per heavy atom. The molecule has 0 unspecified atom stereocenters. The molecule has 0 radical (unpaired) electrons. The van der Waals surface area contributed by atoms with Crippen molar-refractivity contribution in [1.82, 2.24) is 24.5 Å². The van der Waals surface area contributed by atoms with Gasteiger partial charge in [0.1, 0.15) is 16.7 Å². The van der Waals surface area contributed by atoms with Gasteiger partial charge in [0, 0.05) is 55.2 Å². The van der Waals surface area contributed by atoms with Crippen molar-refractivity contribution in [2.45, 2.75) is 0 Å². The molecule has 7 nitrogen and oxygen atoms in total. The Balaban J connectivity index is 1.10. The highest BCUT2D eigenvalue weighted by Crippen LogP contribution is 2.37. The number of hydrogen-bond donors (Lipinski definition) is 0. The van der Waals surface area contributed by atoms with Crippen molar-refractivity contribution in [2.75, 3.05) is 0 Å². The second-order valence-corrected chi connectivity index (χ2v) is 12.7. The van der Waals surface area contributed by atoms with Gasteiger partial charge in [0.15, 0.2) is 17.2 Å². The Morgan fingerprint density at radius 2 is 1.06 bits per heavy atom. The molecular weight excluding hydrogens is 631 g/mol. The summed E-state index contributed by atoms with van der Waals surface area (Å²) in [5.74, 6) is 1.67. The predicted octanol–water partition coefficient (Wildman–Crippen LogP) is 11.2. The Labute approximate surface area is 290 Å². The summed E-state index contributed by atoms with van der Waals surface area (Å²) >= 11 is 0. The van der Waals surface area contributed by atoms with Gasteiger partial charge in [-0.15, -0.1) is 0 Å². The second kappa shape index (κ2) is 10.7. The normalized spacial score (nSPS) is 11.9. The van der Waals surface area contributed by atoms with E-state index in [4.69, 9.17) is 23.8 Å². The van der Waals surface area contributed by atoms with Crippen molar-refractivity contribution >= 4 is 65.7 Å². The summed E-state index contributed by atoms with van der Waals surface area (Å²) < 4.78 is 14.7. The third-order valence-electron chi connectivity index (χ3n) is 9.80. The number of aromatic nitrogens is 5. The minimum Gasteiger partial charge on any atom is -0.456 e. The number of furan rings is 2. The van der Waals surface area contributed by atoms with Crippen molar-refractivity contribution in [3.63, 3.8) is 0 Å². The van der Waals surface area contributed by atoms with E-state index in [1.807, 2.05) is 42.5 Å². The second-order valence-electron chi connectivity index (χ2n) is 12.7. The van der Waals surface area contributed by atoms with Crippen LogP contribution in [-0.2, 0) is 0 Å². The number of fused-ring (bicyclic) bond motifs is 9. The van der Waals surface area contributed by atoms with E-state index >= 15 is 0 Å². The molecule has 11 rings (SSSR count). The highest BCUT2D eigenvalue weighted by Gasteiger charge is 2.19. The monoisotopic (exact) mass is 655 g/mol. The molecule has 7 heteroatoms. The van der Waals surface area contributed by atoms with E-state index in [1.54, 1.807) is 12.4 Å². The summed E-state index contributed by atoms with van der Waals surface area (Å²) in [5.41, 5.74) is 9.05. The third kappa shape index (κ3) is 4.25. The first-order valence-electron chi connectivity index (χ1n) is 16.8. The lowest BCUT2D eigenvalue weighted by Gasteiger charge is -2.11. The van der Waals surface area contributed by atoms with E-state index in [2.05, 4.69) is 107 Å². The highest BCUT2D eigenvalue weighted by atomic mass is 16.3. The molecule has 0 bridgehead atoms. The van der Waals surface area contributed by atoms with Crippen molar-refractivity contribution in [1.29, 1.82) is 0 Å². The number of hydrogen-bond acceptors (Lipinski definition) is 6. The lowest BCUT2D eigenvalue weighted by atomic mass is 10.0. The van der Waals surface area contributed by atoms with Crippen molar-refractivity contribution in [2.24, 2.45) is 0 Å². The first-order valence-corrected chi connectivity index (χ1v) is 16.8. The van der Waals surface area contributed by atoms with Crippen LogP contribution in [0.2, 0.25) is 0 Å². The van der Waals surface area contributed by atoms with Crippen LogP contribution in [0.15, 0.2) is 161 Å². The summed E-state index contributed by atoms with van der Waals surface area (Å²) in [5, 5.41) is 6.53. The minimum atomic E-state index is 0.543. The van der Waals surface area contributed by atoms with E-state index in [-0.39, 0.29) is 0 Å². The lowest BCUT2D eigenvalue weighted by Crippen LogP contribution is -2.06. The molecule has 0 aliphatic rings. The van der Waals surface area contributed by atoms with Crippen LogP contribution in [0.3, 0.4) is 0 Å². The predicted molar refractivity (Wildman–Crippen MR) is 203 cm³/mol. The summed E-state index contributed by atoms with van der Waals surface area (Å²) in [6.45, 7) is 0. The van der Waals surface area contributed by atoms with E-state index in [0.717, 1.165) is 87.9 Å². The van der Waals surface area contributed by atoms with Gasteiger partial charge in [-0.2, -0.15) is 9.97 Å². The molecule has 0 saturated carbocycles. The maximum atomic E-state index is 6.29. The van der Waals surface area contributed by atoms with E-state index < -0.39 is 0 Å². The molecule has 5 heterocycles. The Hall–Kier alpha value is -7.12. The lowest BCUT2D eigenvalue weighted by molar-refractivity contribution is 0.668. The van der Waals surface area contributed by atoms with Gasteiger partial charge in [-0.3, -0.25) is 9.55 Å². The first kappa shape index (κ1) is 27.8. The van der Waals surface area contributed by atoms with Crippen molar-refractivity contribution in [3.8, 4) is 39.9 Å². The molecule has 0 spiro atoms. The molecule has 5 aromatic heterocycles. The van der Waals surface area contributed by atoms with E-state index in [0.29, 0.717) is 17.6 Å². The summed E-state index contributed by atoms with van der Waals surface area (Å²) in [6, 6.07) is 47.6. The van der Waals surface area contributed by atoms with Gasteiger partial charge in [0.25, 0.3) is 0 Å². The third-order valence-corrected chi connectivity index (χ3v) is 9.80.